The van der Waals surface area contributed by atoms with E-state index in [2.05, 4.69) is 0 Å². The quantitative estimate of drug-likeness (QED) is 0.705. The summed E-state index contributed by atoms with van der Waals surface area (Å²) in [6, 6.07) is 1.80. The molecular formula is C9H11F2NO. The van der Waals surface area contributed by atoms with Gasteiger partial charge in [-0.2, -0.15) is 0 Å². The van der Waals surface area contributed by atoms with Gasteiger partial charge in [-0.15, -0.1) is 0 Å². The van der Waals surface area contributed by atoms with E-state index >= 15 is 0 Å². The standard InChI is InChI=1S/C9H11F2NO/c10-9(11)2-3-12(7-9)5-8-1-4-13-6-8/h1,4,6H,2-3,5,7H2. The second kappa shape index (κ2) is 3.10. The Morgan fingerprint density at radius 3 is 2.92 bits per heavy atom. The van der Waals surface area contributed by atoms with Crippen molar-refractivity contribution in [2.75, 3.05) is 13.1 Å². The van der Waals surface area contributed by atoms with Crippen LogP contribution in [0.15, 0.2) is 23.0 Å². The Morgan fingerprint density at radius 2 is 2.38 bits per heavy atom. The molecule has 72 valence electrons. The molecule has 4 heteroatoms. The molecule has 2 nitrogen and oxygen atoms in total. The SMILES string of the molecule is FC1(F)CCN(Cc2ccoc2)C1. The molecule has 0 radical (unpaired) electrons. The molecular weight excluding hydrogens is 176 g/mol. The summed E-state index contributed by atoms with van der Waals surface area (Å²) < 4.78 is 30.4. The van der Waals surface area contributed by atoms with Crippen molar-refractivity contribution in [3.05, 3.63) is 24.2 Å². The van der Waals surface area contributed by atoms with E-state index in [-0.39, 0.29) is 13.0 Å². The van der Waals surface area contributed by atoms with Gasteiger partial charge in [-0.3, -0.25) is 4.90 Å². The van der Waals surface area contributed by atoms with Crippen molar-refractivity contribution in [1.29, 1.82) is 0 Å². The van der Waals surface area contributed by atoms with E-state index in [1.165, 1.54) is 0 Å². The van der Waals surface area contributed by atoms with E-state index in [0.717, 1.165) is 5.56 Å². The highest BCUT2D eigenvalue weighted by Crippen LogP contribution is 2.27. The maximum Gasteiger partial charge on any atom is 0.261 e. The number of hydrogen-bond acceptors (Lipinski definition) is 2. The number of likely N-dealkylation sites (tertiary alicyclic amines) is 1. The molecule has 2 heterocycles. The fourth-order valence-electron chi connectivity index (χ4n) is 1.58. The Labute approximate surface area is 75.1 Å². The molecule has 0 N–H and O–H groups in total. The number of nitrogens with zero attached hydrogens (tertiary/aromatic N) is 1. The van der Waals surface area contributed by atoms with Gasteiger partial charge in [0.2, 0.25) is 0 Å². The highest BCUT2D eigenvalue weighted by Gasteiger charge is 2.37. The lowest BCUT2D eigenvalue weighted by atomic mass is 10.3. The lowest BCUT2D eigenvalue weighted by Gasteiger charge is -2.13. The third-order valence-corrected chi connectivity index (χ3v) is 2.24. The molecule has 13 heavy (non-hydrogen) atoms. The Hall–Kier alpha value is -0.900. The van der Waals surface area contributed by atoms with Gasteiger partial charge in [0.05, 0.1) is 19.1 Å². The van der Waals surface area contributed by atoms with E-state index in [1.54, 1.807) is 23.5 Å². The van der Waals surface area contributed by atoms with Gasteiger partial charge in [0, 0.05) is 25.1 Å². The molecule has 1 aliphatic heterocycles. The first-order valence-electron chi connectivity index (χ1n) is 4.27. The van der Waals surface area contributed by atoms with Crippen LogP contribution in [0.25, 0.3) is 0 Å². The number of furan rings is 1. The van der Waals surface area contributed by atoms with Crippen LogP contribution in [-0.2, 0) is 6.54 Å². The largest absolute Gasteiger partial charge is 0.472 e. The van der Waals surface area contributed by atoms with Crippen molar-refractivity contribution in [2.45, 2.75) is 18.9 Å². The molecule has 0 bridgehead atoms. The van der Waals surface area contributed by atoms with Gasteiger partial charge in [0.1, 0.15) is 0 Å². The topological polar surface area (TPSA) is 16.4 Å². The monoisotopic (exact) mass is 187 g/mol. The summed E-state index contributed by atoms with van der Waals surface area (Å²) in [5.74, 6) is -2.50. The minimum absolute atomic E-state index is 0.0230. The van der Waals surface area contributed by atoms with Gasteiger partial charge >= 0.3 is 0 Å². The lowest BCUT2D eigenvalue weighted by molar-refractivity contribution is 0.0115. The van der Waals surface area contributed by atoms with Crippen molar-refractivity contribution >= 4 is 0 Å². The van der Waals surface area contributed by atoms with Crippen LogP contribution in [0.3, 0.4) is 0 Å². The first-order valence-corrected chi connectivity index (χ1v) is 4.27. The fourth-order valence-corrected chi connectivity index (χ4v) is 1.58. The van der Waals surface area contributed by atoms with Gasteiger partial charge in [0.25, 0.3) is 5.92 Å². The summed E-state index contributed by atoms with van der Waals surface area (Å²) in [5, 5.41) is 0. The van der Waals surface area contributed by atoms with Crippen molar-refractivity contribution in [3.8, 4) is 0 Å². The van der Waals surface area contributed by atoms with Crippen LogP contribution in [0.2, 0.25) is 0 Å². The van der Waals surface area contributed by atoms with Crippen LogP contribution < -0.4 is 0 Å². The fraction of sp³-hybridized carbons (Fsp3) is 0.556. The lowest BCUT2D eigenvalue weighted by Crippen LogP contribution is -2.24. The number of halogens is 2. The molecule has 0 atom stereocenters. The molecule has 1 fully saturated rings. The van der Waals surface area contributed by atoms with E-state index in [4.69, 9.17) is 4.42 Å². The van der Waals surface area contributed by atoms with Gasteiger partial charge < -0.3 is 4.42 Å². The smallest absolute Gasteiger partial charge is 0.261 e. The predicted octanol–water partition coefficient (Wildman–Crippen LogP) is 2.12. The zero-order chi connectivity index (χ0) is 9.31. The third-order valence-electron chi connectivity index (χ3n) is 2.24. The van der Waals surface area contributed by atoms with Gasteiger partial charge in [-0.05, 0) is 6.07 Å². The normalized spacial score (nSPS) is 22.3. The Bertz CT molecular complexity index is 271. The molecule has 1 saturated heterocycles. The zero-order valence-electron chi connectivity index (χ0n) is 7.17. The van der Waals surface area contributed by atoms with E-state index in [1.807, 2.05) is 0 Å². The maximum atomic E-state index is 12.8. The average molecular weight is 187 g/mol. The van der Waals surface area contributed by atoms with Gasteiger partial charge in [-0.1, -0.05) is 0 Å². The summed E-state index contributed by atoms with van der Waals surface area (Å²) >= 11 is 0. The Kier molecular flexibility index (Phi) is 2.07. The molecule has 1 aromatic rings. The molecule has 0 unspecified atom stereocenters. The van der Waals surface area contributed by atoms with Crippen LogP contribution >= 0.6 is 0 Å². The van der Waals surface area contributed by atoms with E-state index < -0.39 is 5.92 Å². The van der Waals surface area contributed by atoms with Crippen molar-refractivity contribution in [2.24, 2.45) is 0 Å². The minimum Gasteiger partial charge on any atom is -0.472 e. The first-order chi connectivity index (χ1) is 6.16. The molecule has 0 saturated carbocycles. The minimum atomic E-state index is -2.50. The molecule has 0 spiro atoms. The zero-order valence-corrected chi connectivity index (χ0v) is 7.17. The second-order valence-electron chi connectivity index (χ2n) is 3.45. The second-order valence-corrected chi connectivity index (χ2v) is 3.45. The summed E-state index contributed by atoms with van der Waals surface area (Å²) in [5.41, 5.74) is 0.956. The van der Waals surface area contributed by atoms with Crippen LogP contribution in [0.4, 0.5) is 8.78 Å². The molecule has 1 aromatic heterocycles. The maximum absolute atomic E-state index is 12.8. The summed E-state index contributed by atoms with van der Waals surface area (Å²) in [7, 11) is 0. The third kappa shape index (κ3) is 2.06. The van der Waals surface area contributed by atoms with Crippen LogP contribution in [0.1, 0.15) is 12.0 Å². The van der Waals surface area contributed by atoms with E-state index in [9.17, 15) is 8.78 Å². The van der Waals surface area contributed by atoms with Crippen molar-refractivity contribution in [1.82, 2.24) is 4.90 Å². The summed E-state index contributed by atoms with van der Waals surface area (Å²) in [4.78, 5) is 1.74. The Morgan fingerprint density at radius 1 is 1.54 bits per heavy atom. The molecule has 0 amide bonds. The summed E-state index contributed by atoms with van der Waals surface area (Å²) in [6.07, 6.45) is 3.13. The highest BCUT2D eigenvalue weighted by molar-refractivity contribution is 5.05. The van der Waals surface area contributed by atoms with Crippen LogP contribution in [-0.4, -0.2) is 23.9 Å². The van der Waals surface area contributed by atoms with Gasteiger partial charge in [0.15, 0.2) is 0 Å². The average Bonchev–Trinajstić information content (AvgIpc) is 2.61. The number of alkyl halides is 2. The molecule has 1 aliphatic rings. The molecule has 0 aliphatic carbocycles. The van der Waals surface area contributed by atoms with Crippen molar-refractivity contribution < 1.29 is 13.2 Å². The first kappa shape index (κ1) is 8.69. The highest BCUT2D eigenvalue weighted by atomic mass is 19.3. The number of hydrogen-bond donors (Lipinski definition) is 0. The molecule has 2 rings (SSSR count). The molecule has 0 aromatic carbocycles. The van der Waals surface area contributed by atoms with Crippen molar-refractivity contribution in [3.63, 3.8) is 0 Å². The van der Waals surface area contributed by atoms with Crippen LogP contribution in [0, 0.1) is 0 Å². The Balaban J connectivity index is 1.91. The van der Waals surface area contributed by atoms with Crippen LogP contribution in [0.5, 0.6) is 0 Å². The predicted molar refractivity (Wildman–Crippen MR) is 43.5 cm³/mol. The van der Waals surface area contributed by atoms with Gasteiger partial charge in [-0.25, -0.2) is 8.78 Å². The van der Waals surface area contributed by atoms with E-state index in [0.29, 0.717) is 13.1 Å². The number of rotatable bonds is 2. The summed E-state index contributed by atoms with van der Waals surface area (Å²) in [6.45, 7) is 0.905.